The molecule has 1 saturated carbocycles. The van der Waals surface area contributed by atoms with Crippen molar-refractivity contribution in [2.45, 2.75) is 50.4 Å². The molecule has 2 heterocycles. The number of benzene rings is 2. The number of amides is 2. The number of nitrogens with one attached hydrogen (secondary N) is 1. The summed E-state index contributed by atoms with van der Waals surface area (Å²) in [6.45, 7) is -0.348. The van der Waals surface area contributed by atoms with Crippen LogP contribution < -0.4 is 15.1 Å². The first-order valence-electron chi connectivity index (χ1n) is 12.5. The fraction of sp³-hybridized carbons (Fsp3) is 0.321. The second kappa shape index (κ2) is 10.4. The molecular formula is C28H26F4N4O2. The Morgan fingerprint density at radius 3 is 2.47 bits per heavy atom. The van der Waals surface area contributed by atoms with E-state index >= 15 is 0 Å². The van der Waals surface area contributed by atoms with Crippen LogP contribution in [0.15, 0.2) is 66.9 Å². The maximum Gasteiger partial charge on any atom is 0.433 e. The first kappa shape index (κ1) is 25.7. The third-order valence-corrected chi connectivity index (χ3v) is 7.01. The van der Waals surface area contributed by atoms with Gasteiger partial charge in [0.15, 0.2) is 0 Å². The summed E-state index contributed by atoms with van der Waals surface area (Å²) in [5.41, 5.74) is 0.751. The van der Waals surface area contributed by atoms with Crippen LogP contribution in [-0.2, 0) is 15.8 Å². The summed E-state index contributed by atoms with van der Waals surface area (Å²) >= 11 is 0. The minimum atomic E-state index is -4.58. The Morgan fingerprint density at radius 2 is 1.79 bits per heavy atom. The summed E-state index contributed by atoms with van der Waals surface area (Å²) in [6.07, 6.45) is 1.28. The first-order chi connectivity index (χ1) is 18.2. The van der Waals surface area contributed by atoms with Crippen LogP contribution in [0.5, 0.6) is 0 Å². The van der Waals surface area contributed by atoms with E-state index in [1.807, 2.05) is 12.1 Å². The molecule has 198 valence electrons. The van der Waals surface area contributed by atoms with Crippen LogP contribution in [0.1, 0.15) is 49.4 Å². The summed E-state index contributed by atoms with van der Waals surface area (Å²) in [4.78, 5) is 34.1. The van der Waals surface area contributed by atoms with Gasteiger partial charge in [0.2, 0.25) is 5.91 Å². The predicted molar refractivity (Wildman–Crippen MR) is 135 cm³/mol. The van der Waals surface area contributed by atoms with Crippen molar-refractivity contribution in [3.8, 4) is 0 Å². The van der Waals surface area contributed by atoms with E-state index in [1.54, 1.807) is 23.1 Å². The van der Waals surface area contributed by atoms with E-state index in [4.69, 9.17) is 0 Å². The Labute approximate surface area is 217 Å². The van der Waals surface area contributed by atoms with Gasteiger partial charge in [-0.1, -0.05) is 43.5 Å². The van der Waals surface area contributed by atoms with Crippen molar-refractivity contribution in [2.75, 3.05) is 21.7 Å². The van der Waals surface area contributed by atoms with Crippen molar-refractivity contribution in [1.82, 2.24) is 4.98 Å². The third-order valence-electron chi connectivity index (χ3n) is 7.01. The molecule has 1 aliphatic heterocycles. The van der Waals surface area contributed by atoms with Crippen LogP contribution in [0.25, 0.3) is 0 Å². The summed E-state index contributed by atoms with van der Waals surface area (Å²) in [5, 5.41) is 2.79. The normalized spacial score (nSPS) is 17.8. The number of carbonyl (C=O) groups excluding carboxylic acids is 2. The molecule has 1 atom stereocenters. The van der Waals surface area contributed by atoms with Gasteiger partial charge in [-0.25, -0.2) is 9.37 Å². The highest BCUT2D eigenvalue weighted by Gasteiger charge is 2.45. The third kappa shape index (κ3) is 5.07. The quantitative estimate of drug-likeness (QED) is 0.394. The maximum atomic E-state index is 14.3. The number of hydrogen-bond donors (Lipinski definition) is 1. The Hall–Kier alpha value is -3.95. The monoisotopic (exact) mass is 526 g/mol. The minimum Gasteiger partial charge on any atom is -0.375 e. The van der Waals surface area contributed by atoms with Crippen LogP contribution in [-0.4, -0.2) is 29.4 Å². The number of aromatic nitrogens is 1. The molecule has 0 bridgehead atoms. The molecule has 38 heavy (non-hydrogen) atoms. The summed E-state index contributed by atoms with van der Waals surface area (Å²) in [5.74, 6) is -1.37. The number of anilines is 3. The van der Waals surface area contributed by atoms with E-state index in [1.165, 1.54) is 29.2 Å². The average Bonchev–Trinajstić information content (AvgIpc) is 3.19. The molecule has 1 aliphatic carbocycles. The lowest BCUT2D eigenvalue weighted by Gasteiger charge is -2.33. The minimum absolute atomic E-state index is 0.0169. The zero-order valence-corrected chi connectivity index (χ0v) is 20.4. The molecule has 1 fully saturated rings. The SMILES string of the molecule is O=C1C(N(C(=O)CNc2ccc(C(F)(F)F)nc2)c2cccc(F)c2)c2ccccc2N1C1CCCCC1. The largest absolute Gasteiger partial charge is 0.433 e. The Bertz CT molecular complexity index is 1320. The Morgan fingerprint density at radius 1 is 1.03 bits per heavy atom. The maximum absolute atomic E-state index is 14.3. The van der Waals surface area contributed by atoms with E-state index in [2.05, 4.69) is 10.3 Å². The molecule has 0 radical (unpaired) electrons. The molecule has 2 aliphatic rings. The number of nitrogens with zero attached hydrogens (tertiary/aromatic N) is 3. The van der Waals surface area contributed by atoms with Gasteiger partial charge in [-0.05, 0) is 49.2 Å². The van der Waals surface area contributed by atoms with Crippen LogP contribution in [0.4, 0.5) is 34.6 Å². The van der Waals surface area contributed by atoms with Gasteiger partial charge in [0.05, 0.1) is 18.4 Å². The number of fused-ring (bicyclic) bond motifs is 1. The van der Waals surface area contributed by atoms with Crippen molar-refractivity contribution in [3.05, 3.63) is 83.9 Å². The molecule has 0 saturated heterocycles. The number of para-hydroxylation sites is 1. The second-order valence-electron chi connectivity index (χ2n) is 9.49. The van der Waals surface area contributed by atoms with Gasteiger partial charge in [-0.15, -0.1) is 0 Å². The lowest BCUT2D eigenvalue weighted by atomic mass is 9.94. The Balaban J connectivity index is 1.46. The van der Waals surface area contributed by atoms with Gasteiger partial charge in [0, 0.05) is 23.0 Å². The van der Waals surface area contributed by atoms with Gasteiger partial charge in [0.1, 0.15) is 17.6 Å². The molecule has 1 unspecified atom stereocenters. The molecular weight excluding hydrogens is 500 g/mol. The van der Waals surface area contributed by atoms with Crippen LogP contribution in [0.3, 0.4) is 0 Å². The highest BCUT2D eigenvalue weighted by Crippen LogP contribution is 2.44. The van der Waals surface area contributed by atoms with Gasteiger partial charge in [0.25, 0.3) is 5.91 Å². The number of rotatable bonds is 6. The molecule has 5 rings (SSSR count). The molecule has 2 amide bonds. The summed E-state index contributed by atoms with van der Waals surface area (Å²) in [7, 11) is 0. The van der Waals surface area contributed by atoms with Gasteiger partial charge >= 0.3 is 6.18 Å². The summed E-state index contributed by atoms with van der Waals surface area (Å²) < 4.78 is 52.8. The van der Waals surface area contributed by atoms with Gasteiger partial charge in [-0.2, -0.15) is 13.2 Å². The first-order valence-corrected chi connectivity index (χ1v) is 12.5. The molecule has 0 spiro atoms. The molecule has 2 aromatic carbocycles. The lowest BCUT2D eigenvalue weighted by molar-refractivity contribution is -0.141. The number of halogens is 4. The number of carbonyl (C=O) groups is 2. The molecule has 10 heteroatoms. The summed E-state index contributed by atoms with van der Waals surface area (Å²) in [6, 6.07) is 13.8. The van der Waals surface area contributed by atoms with Crippen molar-refractivity contribution < 1.29 is 27.2 Å². The zero-order chi connectivity index (χ0) is 26.9. The standard InChI is InChI=1S/C28H26F4N4O2/c29-18-7-6-10-21(15-18)36(25(37)17-33-19-13-14-24(34-16-19)28(30,31)32)26-22-11-4-5-12-23(22)35(27(26)38)20-8-2-1-3-9-20/h4-7,10-16,20,26,33H,1-3,8-9,17H2. The van der Waals surface area contributed by atoms with E-state index in [-0.39, 0.29) is 29.9 Å². The molecule has 1 aromatic heterocycles. The smallest absolute Gasteiger partial charge is 0.375 e. The van der Waals surface area contributed by atoms with Crippen molar-refractivity contribution in [3.63, 3.8) is 0 Å². The van der Waals surface area contributed by atoms with Crippen LogP contribution >= 0.6 is 0 Å². The fourth-order valence-corrected chi connectivity index (χ4v) is 5.28. The molecule has 1 N–H and O–H groups in total. The molecule has 3 aromatic rings. The van der Waals surface area contributed by atoms with E-state index in [9.17, 15) is 27.2 Å². The number of hydrogen-bond acceptors (Lipinski definition) is 4. The lowest BCUT2D eigenvalue weighted by Crippen LogP contribution is -2.46. The average molecular weight is 527 g/mol. The van der Waals surface area contributed by atoms with Crippen molar-refractivity contribution >= 4 is 28.9 Å². The number of pyridine rings is 1. The topological polar surface area (TPSA) is 65.5 Å². The molecule has 6 nitrogen and oxygen atoms in total. The Kier molecular flexibility index (Phi) is 7.05. The van der Waals surface area contributed by atoms with Crippen LogP contribution in [0, 0.1) is 5.82 Å². The van der Waals surface area contributed by atoms with E-state index in [0.717, 1.165) is 50.1 Å². The highest BCUT2D eigenvalue weighted by atomic mass is 19.4. The zero-order valence-electron chi connectivity index (χ0n) is 20.4. The van der Waals surface area contributed by atoms with Crippen LogP contribution in [0.2, 0.25) is 0 Å². The van der Waals surface area contributed by atoms with Crippen molar-refractivity contribution in [2.24, 2.45) is 0 Å². The second-order valence-corrected chi connectivity index (χ2v) is 9.49. The van der Waals surface area contributed by atoms with Gasteiger partial charge in [-0.3, -0.25) is 14.5 Å². The van der Waals surface area contributed by atoms with E-state index < -0.39 is 29.6 Å². The van der Waals surface area contributed by atoms with E-state index in [0.29, 0.717) is 5.56 Å². The van der Waals surface area contributed by atoms with Gasteiger partial charge < -0.3 is 10.2 Å². The van der Waals surface area contributed by atoms with Crippen molar-refractivity contribution in [1.29, 1.82) is 0 Å². The highest BCUT2D eigenvalue weighted by molar-refractivity contribution is 6.12. The fourth-order valence-electron chi connectivity index (χ4n) is 5.28. The number of alkyl halides is 3. The predicted octanol–water partition coefficient (Wildman–Crippen LogP) is 6.11.